The zero-order valence-electron chi connectivity index (χ0n) is 45.3. The van der Waals surface area contributed by atoms with E-state index in [0.29, 0.717) is 19.3 Å². The zero-order valence-corrected chi connectivity index (χ0v) is 45.3. The minimum Gasteiger partial charge on any atom is -0.462 e. The van der Waals surface area contributed by atoms with Gasteiger partial charge in [-0.05, 0) is 77.0 Å². The first kappa shape index (κ1) is 67.1. The van der Waals surface area contributed by atoms with Crippen LogP contribution in [0.1, 0.15) is 194 Å². The number of hydrogen-bond donors (Lipinski definition) is 7. The molecule has 15 heteroatoms. The van der Waals surface area contributed by atoms with Gasteiger partial charge in [0.15, 0.2) is 18.7 Å². The molecule has 2 aliphatic heterocycles. The predicted octanol–water partition coefficient (Wildman–Crippen LogP) is 9.38. The van der Waals surface area contributed by atoms with E-state index in [9.17, 15) is 45.3 Å². The number of hydrogen-bond acceptors (Lipinski definition) is 15. The molecular weight excluding hydrogens is 949 g/mol. The van der Waals surface area contributed by atoms with Crippen molar-refractivity contribution in [2.45, 2.75) is 261 Å². The van der Waals surface area contributed by atoms with Crippen molar-refractivity contribution < 1.29 is 73.8 Å². The second kappa shape index (κ2) is 45.0. The van der Waals surface area contributed by atoms with E-state index >= 15 is 0 Å². The summed E-state index contributed by atoms with van der Waals surface area (Å²) in [4.78, 5) is 25.8. The first-order chi connectivity index (χ1) is 36.0. The summed E-state index contributed by atoms with van der Waals surface area (Å²) in [6.07, 6.45) is 37.9. The monoisotopic (exact) mass is 1050 g/mol. The third-order valence-corrected chi connectivity index (χ3v) is 13.2. The van der Waals surface area contributed by atoms with Gasteiger partial charge in [0.05, 0.1) is 19.8 Å². The van der Waals surface area contributed by atoms with Gasteiger partial charge < -0.3 is 64.2 Å². The van der Waals surface area contributed by atoms with E-state index in [0.717, 1.165) is 51.4 Å². The quantitative estimate of drug-likeness (QED) is 0.0171. The van der Waals surface area contributed by atoms with Gasteiger partial charge in [-0.15, -0.1) is 0 Å². The Labute approximate surface area is 444 Å². The number of carbonyl (C=O) groups excluding carboxylic acids is 2. The van der Waals surface area contributed by atoms with Crippen LogP contribution in [0.3, 0.4) is 0 Å². The van der Waals surface area contributed by atoms with Crippen LogP contribution in [0, 0.1) is 0 Å². The lowest BCUT2D eigenvalue weighted by molar-refractivity contribution is -0.332. The van der Waals surface area contributed by atoms with E-state index in [1.807, 2.05) is 12.2 Å². The Balaban J connectivity index is 1.78. The molecule has 0 spiro atoms. The zero-order chi connectivity index (χ0) is 53.9. The number of rotatable bonds is 44. The Morgan fingerprint density at radius 3 is 1.39 bits per heavy atom. The minimum absolute atomic E-state index is 0.0837. The maximum absolute atomic E-state index is 13.0. The van der Waals surface area contributed by atoms with Gasteiger partial charge in [-0.25, -0.2) is 0 Å². The van der Waals surface area contributed by atoms with Crippen LogP contribution in [-0.4, -0.2) is 142 Å². The Hall–Kier alpha value is -3.06. The molecule has 7 N–H and O–H groups in total. The molecule has 2 fully saturated rings. The van der Waals surface area contributed by atoms with Crippen LogP contribution in [0.5, 0.6) is 0 Å². The van der Waals surface area contributed by atoms with Crippen LogP contribution < -0.4 is 0 Å². The lowest BCUT2D eigenvalue weighted by Crippen LogP contribution is -2.61. The van der Waals surface area contributed by atoms with Crippen molar-refractivity contribution in [1.82, 2.24) is 0 Å². The molecule has 11 unspecified atom stereocenters. The van der Waals surface area contributed by atoms with Crippen molar-refractivity contribution in [3.8, 4) is 0 Å². The summed E-state index contributed by atoms with van der Waals surface area (Å²) < 4.78 is 33.6. The summed E-state index contributed by atoms with van der Waals surface area (Å²) in [6, 6.07) is 0. The summed E-state index contributed by atoms with van der Waals surface area (Å²) in [5.41, 5.74) is 0. The molecule has 0 radical (unpaired) electrons. The average molecular weight is 1050 g/mol. The van der Waals surface area contributed by atoms with Crippen LogP contribution in [0.15, 0.2) is 72.9 Å². The van der Waals surface area contributed by atoms with Crippen LogP contribution in [0.2, 0.25) is 0 Å². The number of allylic oxidation sites excluding steroid dienone is 12. The molecule has 2 aliphatic rings. The van der Waals surface area contributed by atoms with Crippen molar-refractivity contribution >= 4 is 11.9 Å². The molecule has 0 saturated carbocycles. The molecular formula is C59H100O15. The largest absolute Gasteiger partial charge is 0.462 e. The van der Waals surface area contributed by atoms with Gasteiger partial charge in [-0.1, -0.05) is 177 Å². The highest BCUT2D eigenvalue weighted by atomic mass is 16.7. The van der Waals surface area contributed by atoms with Gasteiger partial charge in [-0.2, -0.15) is 0 Å². The van der Waals surface area contributed by atoms with Crippen molar-refractivity contribution in [3.05, 3.63) is 72.9 Å². The highest BCUT2D eigenvalue weighted by molar-refractivity contribution is 5.70. The minimum atomic E-state index is -1.78. The highest BCUT2D eigenvalue weighted by Crippen LogP contribution is 2.26. The van der Waals surface area contributed by atoms with E-state index in [1.165, 1.54) is 96.3 Å². The Morgan fingerprint density at radius 2 is 0.865 bits per heavy atom. The molecule has 0 aromatic carbocycles. The fourth-order valence-electron chi connectivity index (χ4n) is 8.54. The molecule has 0 bridgehead atoms. The summed E-state index contributed by atoms with van der Waals surface area (Å²) in [5, 5.41) is 72.2. The molecule has 2 rings (SSSR count). The van der Waals surface area contributed by atoms with Gasteiger partial charge >= 0.3 is 11.9 Å². The standard InChI is InChI=1S/C59H100O15/c1-3-5-7-9-11-13-15-17-19-21-22-23-24-26-27-29-31-33-35-37-39-41-50(61)69-44-47(72-51(62)42-40-38-36-34-32-30-28-25-20-18-16-14-12-10-8-6-4-2)45-70-58-57(68)55(66)53(64)49(74-58)46-71-59-56(67)54(65)52(63)48(43-60)73-59/h6,8,12,14,18,20-22,28,30,34,36,47-49,52-60,63-68H,3-5,7,9-11,13,15-17,19,23-27,29,31-33,35,37-46H2,1-2H3/b8-6-,14-12-,20-18-,22-21-,30-28-,36-34-. The molecule has 15 nitrogen and oxygen atoms in total. The van der Waals surface area contributed by atoms with Gasteiger partial charge in [0.1, 0.15) is 55.4 Å². The number of carbonyl (C=O) groups is 2. The van der Waals surface area contributed by atoms with Crippen molar-refractivity contribution in [1.29, 1.82) is 0 Å². The molecule has 0 aromatic heterocycles. The fourth-order valence-corrected chi connectivity index (χ4v) is 8.54. The third kappa shape index (κ3) is 31.9. The van der Waals surface area contributed by atoms with Crippen LogP contribution in [-0.2, 0) is 38.0 Å². The molecule has 0 aliphatic carbocycles. The lowest BCUT2D eigenvalue weighted by atomic mass is 9.98. The molecule has 2 heterocycles. The molecule has 426 valence electrons. The predicted molar refractivity (Wildman–Crippen MR) is 289 cm³/mol. The second-order valence-electron chi connectivity index (χ2n) is 19.7. The Morgan fingerprint density at radius 1 is 0.446 bits per heavy atom. The van der Waals surface area contributed by atoms with Gasteiger partial charge in [0, 0.05) is 12.8 Å². The number of aliphatic hydroxyl groups excluding tert-OH is 7. The van der Waals surface area contributed by atoms with E-state index < -0.39 is 99.3 Å². The van der Waals surface area contributed by atoms with E-state index in [4.69, 9.17) is 28.4 Å². The first-order valence-corrected chi connectivity index (χ1v) is 28.5. The smallest absolute Gasteiger partial charge is 0.306 e. The third-order valence-electron chi connectivity index (χ3n) is 13.2. The number of unbranched alkanes of at least 4 members (excludes halogenated alkanes) is 18. The summed E-state index contributed by atoms with van der Waals surface area (Å²) >= 11 is 0. The Kier molecular flexibility index (Phi) is 40.8. The second-order valence-corrected chi connectivity index (χ2v) is 19.7. The maximum Gasteiger partial charge on any atom is 0.306 e. The van der Waals surface area contributed by atoms with Crippen LogP contribution in [0.25, 0.3) is 0 Å². The average Bonchev–Trinajstić information content (AvgIpc) is 3.39. The number of aliphatic hydroxyl groups is 7. The van der Waals surface area contributed by atoms with E-state index in [2.05, 4.69) is 74.6 Å². The van der Waals surface area contributed by atoms with Gasteiger partial charge in [0.25, 0.3) is 0 Å². The van der Waals surface area contributed by atoms with Gasteiger partial charge in [0.2, 0.25) is 0 Å². The fraction of sp³-hybridized carbons (Fsp3) is 0.763. The molecule has 74 heavy (non-hydrogen) atoms. The first-order valence-electron chi connectivity index (χ1n) is 28.5. The maximum atomic E-state index is 13.0. The molecule has 2 saturated heterocycles. The lowest BCUT2D eigenvalue weighted by Gasteiger charge is -2.42. The van der Waals surface area contributed by atoms with E-state index in [1.54, 1.807) is 0 Å². The molecule has 0 amide bonds. The van der Waals surface area contributed by atoms with Crippen molar-refractivity contribution in [2.24, 2.45) is 0 Å². The topological polar surface area (TPSA) is 231 Å². The summed E-state index contributed by atoms with van der Waals surface area (Å²) in [6.45, 7) is 2.42. The van der Waals surface area contributed by atoms with Gasteiger partial charge in [-0.3, -0.25) is 9.59 Å². The SMILES string of the molecule is CC/C=C\C/C=C\C/C=C\C/C=C\C/C=C\CCCC(=O)OC(COC(=O)CCCCCCCCCCC/C=C\CCCCCCCCCC)COC1OC(COC2OC(CO)C(O)C(O)C2O)C(O)C(O)C1O. The van der Waals surface area contributed by atoms with Crippen molar-refractivity contribution in [2.75, 3.05) is 26.4 Å². The molecule has 11 atom stereocenters. The summed E-state index contributed by atoms with van der Waals surface area (Å²) in [7, 11) is 0. The van der Waals surface area contributed by atoms with E-state index in [-0.39, 0.29) is 19.4 Å². The van der Waals surface area contributed by atoms with Crippen molar-refractivity contribution in [3.63, 3.8) is 0 Å². The molecule has 0 aromatic rings. The number of ether oxygens (including phenoxy) is 6. The number of esters is 2. The highest BCUT2D eigenvalue weighted by Gasteiger charge is 2.47. The summed E-state index contributed by atoms with van der Waals surface area (Å²) in [5.74, 6) is -0.997. The normalized spacial score (nSPS) is 25.2. The van der Waals surface area contributed by atoms with Crippen LogP contribution in [0.4, 0.5) is 0 Å². The Bertz CT molecular complexity index is 1560. The van der Waals surface area contributed by atoms with Crippen LogP contribution >= 0.6 is 0 Å².